The quantitative estimate of drug-likeness (QED) is 0.702. The van der Waals surface area contributed by atoms with E-state index in [-0.39, 0.29) is 17.7 Å². The first-order valence-electron chi connectivity index (χ1n) is 8.13. The van der Waals surface area contributed by atoms with Crippen LogP contribution in [0.5, 0.6) is 11.5 Å². The van der Waals surface area contributed by atoms with Crippen LogP contribution in [0.25, 0.3) is 0 Å². The van der Waals surface area contributed by atoms with Gasteiger partial charge in [0.15, 0.2) is 17.2 Å². The second kappa shape index (κ2) is 6.95. The molecule has 0 radical (unpaired) electrons. The molecular weight excluding hydrogens is 333 g/mol. The van der Waals surface area contributed by atoms with Crippen LogP contribution >= 0.6 is 0 Å². The predicted octanol–water partition coefficient (Wildman–Crippen LogP) is 4.50. The molecule has 0 unspecified atom stereocenters. The van der Waals surface area contributed by atoms with E-state index in [9.17, 15) is 4.39 Å². The maximum Gasteiger partial charge on any atom is 0.232 e. The van der Waals surface area contributed by atoms with Crippen LogP contribution in [0, 0.1) is 6.92 Å². The summed E-state index contributed by atoms with van der Waals surface area (Å²) in [7, 11) is 0. The highest BCUT2D eigenvalue weighted by Crippen LogP contribution is 2.31. The minimum Gasteiger partial charge on any atom is -0.455 e. The molecule has 7 heteroatoms. The normalized spacial score (nSPS) is 11.2. The lowest BCUT2D eigenvalue weighted by Gasteiger charge is -2.15. The molecular formula is C19H20FN5O. The lowest BCUT2D eigenvalue weighted by Crippen LogP contribution is -2.17. The minimum absolute atomic E-state index is 0.0374. The van der Waals surface area contributed by atoms with Crippen molar-refractivity contribution in [3.63, 3.8) is 0 Å². The summed E-state index contributed by atoms with van der Waals surface area (Å²) in [5.74, 6) is 1.35. The molecule has 0 saturated carbocycles. The van der Waals surface area contributed by atoms with Crippen molar-refractivity contribution in [3.8, 4) is 11.5 Å². The Morgan fingerprint density at radius 3 is 2.54 bits per heavy atom. The van der Waals surface area contributed by atoms with Gasteiger partial charge in [-0.15, -0.1) is 0 Å². The molecule has 3 rings (SSSR count). The van der Waals surface area contributed by atoms with Crippen LogP contribution in [0.4, 0.5) is 22.0 Å². The van der Waals surface area contributed by atoms with E-state index in [0.717, 1.165) is 5.56 Å². The van der Waals surface area contributed by atoms with Crippen molar-refractivity contribution in [1.82, 2.24) is 15.0 Å². The van der Waals surface area contributed by atoms with Crippen molar-refractivity contribution in [2.45, 2.75) is 26.4 Å². The molecule has 2 aromatic carbocycles. The van der Waals surface area contributed by atoms with E-state index in [1.807, 2.05) is 55.5 Å². The van der Waals surface area contributed by atoms with Gasteiger partial charge in [-0.3, -0.25) is 0 Å². The van der Waals surface area contributed by atoms with Crippen molar-refractivity contribution in [2.75, 3.05) is 11.1 Å². The Hall–Kier alpha value is -3.22. The molecule has 1 aromatic heterocycles. The summed E-state index contributed by atoms with van der Waals surface area (Å²) >= 11 is 0. The molecule has 6 nitrogen and oxygen atoms in total. The summed E-state index contributed by atoms with van der Waals surface area (Å²) in [6, 6.07) is 15.0. The fourth-order valence-corrected chi connectivity index (χ4v) is 2.30. The van der Waals surface area contributed by atoms with E-state index in [1.165, 1.54) is 13.8 Å². The molecule has 0 aliphatic carbocycles. The zero-order valence-electron chi connectivity index (χ0n) is 14.8. The van der Waals surface area contributed by atoms with Crippen molar-refractivity contribution < 1.29 is 9.13 Å². The third-order valence-corrected chi connectivity index (χ3v) is 3.54. The number of alkyl halides is 1. The number of halogens is 1. The summed E-state index contributed by atoms with van der Waals surface area (Å²) in [5.41, 5.74) is 5.67. The molecule has 0 saturated heterocycles. The first kappa shape index (κ1) is 17.6. The smallest absolute Gasteiger partial charge is 0.232 e. The Bertz CT molecular complexity index is 924. The Kier molecular flexibility index (Phi) is 4.71. The summed E-state index contributed by atoms with van der Waals surface area (Å²) in [5, 5.41) is 3.03. The molecule has 3 aromatic rings. The molecule has 3 N–H and O–H groups in total. The number of nitrogen functional groups attached to an aromatic ring is 1. The van der Waals surface area contributed by atoms with Gasteiger partial charge >= 0.3 is 0 Å². The Labute approximate surface area is 151 Å². The number of aromatic nitrogens is 3. The van der Waals surface area contributed by atoms with Gasteiger partial charge in [0.2, 0.25) is 11.9 Å². The van der Waals surface area contributed by atoms with E-state index in [1.54, 1.807) is 0 Å². The first-order valence-corrected chi connectivity index (χ1v) is 8.13. The van der Waals surface area contributed by atoms with Gasteiger partial charge in [0.25, 0.3) is 0 Å². The van der Waals surface area contributed by atoms with Gasteiger partial charge in [0.05, 0.1) is 5.69 Å². The average molecular weight is 353 g/mol. The number of para-hydroxylation sites is 2. The van der Waals surface area contributed by atoms with E-state index >= 15 is 0 Å². The van der Waals surface area contributed by atoms with Crippen LogP contribution in [-0.4, -0.2) is 15.0 Å². The Morgan fingerprint density at radius 2 is 1.81 bits per heavy atom. The zero-order chi connectivity index (χ0) is 18.7. The van der Waals surface area contributed by atoms with Gasteiger partial charge in [-0.2, -0.15) is 15.0 Å². The Balaban J connectivity index is 1.91. The molecule has 0 aliphatic rings. The fraction of sp³-hybridized carbons (Fsp3) is 0.211. The van der Waals surface area contributed by atoms with Gasteiger partial charge in [-0.1, -0.05) is 24.3 Å². The average Bonchev–Trinajstić information content (AvgIpc) is 2.55. The molecule has 0 spiro atoms. The third kappa shape index (κ3) is 4.24. The number of nitrogens with zero attached hydrogens (tertiary/aromatic N) is 3. The highest BCUT2D eigenvalue weighted by atomic mass is 19.1. The molecule has 26 heavy (non-hydrogen) atoms. The molecule has 0 amide bonds. The van der Waals surface area contributed by atoms with E-state index in [2.05, 4.69) is 20.3 Å². The predicted molar refractivity (Wildman–Crippen MR) is 99.4 cm³/mol. The lowest BCUT2D eigenvalue weighted by molar-refractivity contribution is 0.206. The number of rotatable bonds is 5. The molecule has 0 aliphatic heterocycles. The molecule has 1 heterocycles. The van der Waals surface area contributed by atoms with Gasteiger partial charge in [0, 0.05) is 0 Å². The number of ether oxygens (including phenoxy) is 1. The van der Waals surface area contributed by atoms with Crippen molar-refractivity contribution >= 4 is 17.6 Å². The maximum absolute atomic E-state index is 14.2. The number of nitrogens with two attached hydrogens (primary N) is 1. The van der Waals surface area contributed by atoms with E-state index in [4.69, 9.17) is 10.5 Å². The van der Waals surface area contributed by atoms with E-state index < -0.39 is 5.67 Å². The summed E-state index contributed by atoms with van der Waals surface area (Å²) in [6.45, 7) is 4.71. The second-order valence-corrected chi connectivity index (χ2v) is 6.35. The van der Waals surface area contributed by atoms with Gasteiger partial charge < -0.3 is 15.8 Å². The van der Waals surface area contributed by atoms with Crippen LogP contribution in [0.3, 0.4) is 0 Å². The third-order valence-electron chi connectivity index (χ3n) is 3.54. The first-order chi connectivity index (χ1) is 12.3. The Morgan fingerprint density at radius 1 is 1.04 bits per heavy atom. The lowest BCUT2D eigenvalue weighted by atomic mass is 10.1. The maximum atomic E-state index is 14.2. The highest BCUT2D eigenvalue weighted by Gasteiger charge is 2.24. The highest BCUT2D eigenvalue weighted by molar-refractivity contribution is 5.63. The van der Waals surface area contributed by atoms with Crippen LogP contribution < -0.4 is 15.8 Å². The summed E-state index contributed by atoms with van der Waals surface area (Å²) in [6.07, 6.45) is 0. The van der Waals surface area contributed by atoms with Crippen molar-refractivity contribution in [2.24, 2.45) is 0 Å². The van der Waals surface area contributed by atoms with Crippen LogP contribution in [-0.2, 0) is 5.67 Å². The number of anilines is 3. The number of nitrogens with one attached hydrogen (secondary N) is 1. The van der Waals surface area contributed by atoms with Crippen molar-refractivity contribution in [1.29, 1.82) is 0 Å². The standard InChI is InChI=1S/C19H20FN5O/c1-12-7-6-8-13(11-12)26-15-10-5-4-9-14(15)22-18-24-16(19(2,3)20)23-17(21)25-18/h4-11H,1-3H3,(H3,21,22,23,24,25). The largest absolute Gasteiger partial charge is 0.455 e. The molecule has 0 bridgehead atoms. The van der Waals surface area contributed by atoms with Crippen molar-refractivity contribution in [3.05, 3.63) is 59.9 Å². The number of hydrogen-bond donors (Lipinski definition) is 2. The van der Waals surface area contributed by atoms with Crippen LogP contribution in [0.1, 0.15) is 25.2 Å². The molecule has 0 fully saturated rings. The summed E-state index contributed by atoms with van der Waals surface area (Å²) in [4.78, 5) is 12.0. The van der Waals surface area contributed by atoms with Gasteiger partial charge in [-0.25, -0.2) is 4.39 Å². The molecule has 134 valence electrons. The molecule has 0 atom stereocenters. The number of benzene rings is 2. The van der Waals surface area contributed by atoms with Crippen LogP contribution in [0.15, 0.2) is 48.5 Å². The fourth-order valence-electron chi connectivity index (χ4n) is 2.30. The van der Waals surface area contributed by atoms with E-state index in [0.29, 0.717) is 17.2 Å². The summed E-state index contributed by atoms with van der Waals surface area (Å²) < 4.78 is 20.1. The minimum atomic E-state index is -1.73. The van der Waals surface area contributed by atoms with Gasteiger partial charge in [-0.05, 0) is 50.6 Å². The monoisotopic (exact) mass is 353 g/mol. The number of hydrogen-bond acceptors (Lipinski definition) is 6. The topological polar surface area (TPSA) is 86.0 Å². The second-order valence-electron chi connectivity index (χ2n) is 6.35. The SMILES string of the molecule is Cc1cccc(Oc2ccccc2Nc2nc(N)nc(C(C)(C)F)n2)c1. The number of aryl methyl sites for hydroxylation is 1. The van der Waals surface area contributed by atoms with Crippen LogP contribution in [0.2, 0.25) is 0 Å². The zero-order valence-corrected chi connectivity index (χ0v) is 14.8. The van der Waals surface area contributed by atoms with Gasteiger partial charge in [0.1, 0.15) is 5.75 Å².